The minimum Gasteiger partial charge on any atom is -0.278 e. The van der Waals surface area contributed by atoms with Crippen molar-refractivity contribution in [3.8, 4) is 34.4 Å². The smallest absolute Gasteiger partial charge is 0.240 e. The van der Waals surface area contributed by atoms with Crippen LogP contribution in [0.3, 0.4) is 0 Å². The van der Waals surface area contributed by atoms with Crippen molar-refractivity contribution in [1.29, 1.82) is 0 Å². The van der Waals surface area contributed by atoms with Crippen molar-refractivity contribution in [3.05, 3.63) is 237 Å². The number of fused-ring (bicyclic) bond motifs is 6. The van der Waals surface area contributed by atoms with E-state index in [0.717, 1.165) is 54.7 Å². The zero-order chi connectivity index (χ0) is 41.7. The third-order valence-corrected chi connectivity index (χ3v) is 17.3. The van der Waals surface area contributed by atoms with Crippen LogP contribution in [-0.4, -0.2) is 32.2 Å². The highest BCUT2D eigenvalue weighted by Gasteiger charge is 2.41. The fourth-order valence-corrected chi connectivity index (χ4v) is 14.6. The molecule has 0 bridgehead atoms. The number of hydrogen-bond donors (Lipinski definition) is 0. The van der Waals surface area contributed by atoms with E-state index in [1.54, 1.807) is 0 Å². The van der Waals surface area contributed by atoms with Crippen LogP contribution >= 0.6 is 0 Å². The highest BCUT2D eigenvalue weighted by Crippen LogP contribution is 2.36. The highest BCUT2D eigenvalue weighted by atomic mass is 28.3. The van der Waals surface area contributed by atoms with Crippen LogP contribution in [0.4, 0.5) is 0 Å². The van der Waals surface area contributed by atoms with Crippen molar-refractivity contribution in [3.63, 3.8) is 0 Å². The van der Waals surface area contributed by atoms with Crippen molar-refractivity contribution in [1.82, 2.24) is 24.1 Å². The van der Waals surface area contributed by atoms with E-state index < -0.39 is 8.07 Å². The monoisotopic (exact) mass is 821 g/mol. The number of rotatable bonds is 8. The van der Waals surface area contributed by atoms with Crippen molar-refractivity contribution in [2.45, 2.75) is 0 Å². The lowest BCUT2D eigenvalue weighted by Gasteiger charge is -2.34. The fraction of sp³-hybridized carbons (Fsp3) is 0. The zero-order valence-electron chi connectivity index (χ0n) is 34.3. The summed E-state index contributed by atoms with van der Waals surface area (Å²) in [6, 6.07) is 85.2. The van der Waals surface area contributed by atoms with E-state index in [-0.39, 0.29) is 0 Å². The molecule has 296 valence electrons. The molecule has 0 spiro atoms. The molecule has 0 aliphatic carbocycles. The number of hydrogen-bond acceptors (Lipinski definition) is 3. The first kappa shape index (κ1) is 36.6. The fourth-order valence-electron chi connectivity index (χ4n) is 9.77. The van der Waals surface area contributed by atoms with Gasteiger partial charge >= 0.3 is 0 Å². The Balaban J connectivity index is 1.07. The van der Waals surface area contributed by atoms with E-state index in [4.69, 9.17) is 15.0 Å². The predicted molar refractivity (Wildman–Crippen MR) is 263 cm³/mol. The Bertz CT molecular complexity index is 3470. The average molecular weight is 822 g/mol. The van der Waals surface area contributed by atoms with Gasteiger partial charge in [0.2, 0.25) is 11.9 Å². The molecular weight excluding hydrogens is 783 g/mol. The molecule has 0 saturated carbocycles. The Morgan fingerprint density at radius 1 is 0.270 bits per heavy atom. The van der Waals surface area contributed by atoms with Crippen molar-refractivity contribution in [2.24, 2.45) is 0 Å². The maximum atomic E-state index is 5.36. The largest absolute Gasteiger partial charge is 0.278 e. The molecule has 3 aromatic heterocycles. The molecule has 0 radical (unpaired) electrons. The van der Waals surface area contributed by atoms with E-state index in [0.29, 0.717) is 17.7 Å². The van der Waals surface area contributed by atoms with Crippen molar-refractivity contribution in [2.75, 3.05) is 0 Å². The van der Waals surface area contributed by atoms with Gasteiger partial charge in [0.1, 0.15) is 0 Å². The molecular formula is C57H39N5Si. The van der Waals surface area contributed by atoms with E-state index in [9.17, 15) is 0 Å². The molecule has 0 aliphatic rings. The minimum absolute atomic E-state index is 0.561. The Hall–Kier alpha value is -8.19. The van der Waals surface area contributed by atoms with E-state index >= 15 is 0 Å². The average Bonchev–Trinajstić information content (AvgIpc) is 3.88. The van der Waals surface area contributed by atoms with Crippen LogP contribution in [0, 0.1) is 0 Å². The van der Waals surface area contributed by atoms with Gasteiger partial charge in [0.25, 0.3) is 0 Å². The molecule has 0 saturated heterocycles. The van der Waals surface area contributed by atoms with Crippen LogP contribution in [0.2, 0.25) is 0 Å². The van der Waals surface area contributed by atoms with Gasteiger partial charge in [0, 0.05) is 27.1 Å². The van der Waals surface area contributed by atoms with Gasteiger partial charge in [-0.2, -0.15) is 15.0 Å². The molecule has 0 unspecified atom stereocenters. The molecule has 12 rings (SSSR count). The van der Waals surface area contributed by atoms with Gasteiger partial charge < -0.3 is 0 Å². The number of aromatic nitrogens is 5. The van der Waals surface area contributed by atoms with Crippen LogP contribution in [0.25, 0.3) is 78.0 Å². The van der Waals surface area contributed by atoms with Crippen molar-refractivity contribution >= 4 is 72.4 Å². The Morgan fingerprint density at radius 3 is 1.16 bits per heavy atom. The topological polar surface area (TPSA) is 48.5 Å². The number of para-hydroxylation sites is 3. The van der Waals surface area contributed by atoms with Gasteiger partial charge in [-0.25, -0.2) is 0 Å². The molecule has 0 amide bonds. The van der Waals surface area contributed by atoms with Gasteiger partial charge in [-0.3, -0.25) is 9.13 Å². The normalized spacial score (nSPS) is 11.8. The lowest BCUT2D eigenvalue weighted by Crippen LogP contribution is -2.74. The standard InChI is InChI=1S/C57H39N5Si/c1-5-20-40(21-6-1)55-58-56(61-51-33-16-13-30-47(51)48-31-14-17-34-52(48)61)60-57(59-55)62-53-35-18-15-32-49(53)50-39-42(36-37-54(50)62)41-22-19-29-46(38-41)63(43-23-7-2-8-24-43,44-25-9-3-10-26-44)45-27-11-4-12-28-45/h1-39H. The van der Waals surface area contributed by atoms with Gasteiger partial charge in [-0.15, -0.1) is 0 Å². The van der Waals surface area contributed by atoms with Crippen LogP contribution < -0.4 is 20.7 Å². The minimum atomic E-state index is -2.73. The quantitative estimate of drug-likeness (QED) is 0.113. The van der Waals surface area contributed by atoms with Crippen molar-refractivity contribution < 1.29 is 0 Å². The summed E-state index contributed by atoms with van der Waals surface area (Å²) in [5.41, 5.74) is 7.39. The summed E-state index contributed by atoms with van der Waals surface area (Å²) in [6.45, 7) is 0. The lowest BCUT2D eigenvalue weighted by atomic mass is 10.0. The van der Waals surface area contributed by atoms with Gasteiger partial charge in [-0.05, 0) is 62.2 Å². The van der Waals surface area contributed by atoms with Crippen LogP contribution in [-0.2, 0) is 0 Å². The Morgan fingerprint density at radius 2 is 0.651 bits per heavy atom. The zero-order valence-corrected chi connectivity index (χ0v) is 35.3. The summed E-state index contributed by atoms with van der Waals surface area (Å²) >= 11 is 0. The van der Waals surface area contributed by atoms with E-state index in [1.807, 2.05) is 18.2 Å². The summed E-state index contributed by atoms with van der Waals surface area (Å²) < 4.78 is 4.37. The number of benzene rings is 9. The summed E-state index contributed by atoms with van der Waals surface area (Å²) in [6.07, 6.45) is 0. The summed E-state index contributed by atoms with van der Waals surface area (Å²) in [4.78, 5) is 15.8. The second kappa shape index (κ2) is 15.1. The SMILES string of the molecule is c1ccc(-c2nc(-n3c4ccccc4c4ccccc43)nc(-n3c4ccccc4c4cc(-c5cccc([Si](c6ccccc6)(c6ccccc6)c6ccccc6)c5)ccc43)n2)cc1. The Labute approximate surface area is 365 Å². The summed E-state index contributed by atoms with van der Waals surface area (Å²) in [5.74, 6) is 1.74. The number of nitrogens with zero attached hydrogens (tertiary/aromatic N) is 5. The molecule has 9 aromatic carbocycles. The van der Waals surface area contributed by atoms with E-state index in [1.165, 1.54) is 26.3 Å². The third kappa shape index (κ3) is 5.95. The molecule has 5 nitrogen and oxygen atoms in total. The van der Waals surface area contributed by atoms with Crippen LogP contribution in [0.1, 0.15) is 0 Å². The third-order valence-electron chi connectivity index (χ3n) is 12.5. The lowest BCUT2D eigenvalue weighted by molar-refractivity contribution is 0.893. The molecule has 0 atom stereocenters. The second-order valence-electron chi connectivity index (χ2n) is 16.0. The first-order valence-corrected chi connectivity index (χ1v) is 23.4. The molecule has 0 N–H and O–H groups in total. The molecule has 3 heterocycles. The predicted octanol–water partition coefficient (Wildman–Crippen LogP) is 10.8. The highest BCUT2D eigenvalue weighted by molar-refractivity contribution is 7.19. The van der Waals surface area contributed by atoms with Gasteiger partial charge in [-0.1, -0.05) is 206 Å². The maximum absolute atomic E-state index is 5.36. The van der Waals surface area contributed by atoms with E-state index in [2.05, 4.69) is 228 Å². The molecule has 0 aliphatic heterocycles. The first-order chi connectivity index (χ1) is 31.3. The molecule has 6 heteroatoms. The van der Waals surface area contributed by atoms with Gasteiger partial charge in [0.15, 0.2) is 13.9 Å². The molecule has 63 heavy (non-hydrogen) atoms. The molecule has 12 aromatic rings. The maximum Gasteiger partial charge on any atom is 0.240 e. The molecule has 0 fully saturated rings. The van der Waals surface area contributed by atoms with Crippen LogP contribution in [0.5, 0.6) is 0 Å². The summed E-state index contributed by atoms with van der Waals surface area (Å²) in [5, 5.41) is 9.96. The Kier molecular flexibility index (Phi) is 8.76. The summed E-state index contributed by atoms with van der Waals surface area (Å²) in [7, 11) is -2.73. The van der Waals surface area contributed by atoms with Crippen LogP contribution in [0.15, 0.2) is 237 Å². The second-order valence-corrected chi connectivity index (χ2v) is 19.8. The van der Waals surface area contributed by atoms with Gasteiger partial charge in [0.05, 0.1) is 22.1 Å². The first-order valence-electron chi connectivity index (χ1n) is 21.4.